The Morgan fingerprint density at radius 2 is 1.70 bits per heavy atom. The molecule has 0 unspecified atom stereocenters. The molecule has 3 heterocycles. The first-order valence-electron chi connectivity index (χ1n) is 15.3. The normalized spacial score (nSPS) is 14.5. The molecular weight excluding hydrogens is 609 g/mol. The third kappa shape index (κ3) is 5.55. The summed E-state index contributed by atoms with van der Waals surface area (Å²) in [7, 11) is 1.64. The second-order valence-electron chi connectivity index (χ2n) is 11.1. The molecule has 2 N–H and O–H groups in total. The SMILES string of the molecule is CCOc1ccc([C@@H]2C(C(=O)Nc3ccccc3)=C(C)N=c3s/c(=C\c4c(-c5ccccc5)[nH]c5c(OC)cccc45)c(=O)n32)cc1. The Bertz CT molecular complexity index is 2320. The van der Waals surface area contributed by atoms with Gasteiger partial charge >= 0.3 is 0 Å². The number of nitrogens with zero attached hydrogens (tertiary/aromatic N) is 2. The number of methoxy groups -OCH3 is 1. The maximum absolute atomic E-state index is 14.5. The van der Waals surface area contributed by atoms with Crippen molar-refractivity contribution >= 4 is 39.9 Å². The minimum absolute atomic E-state index is 0.235. The minimum atomic E-state index is -0.704. The number of aromatic nitrogens is 2. The Morgan fingerprint density at radius 1 is 0.979 bits per heavy atom. The van der Waals surface area contributed by atoms with Gasteiger partial charge in [-0.25, -0.2) is 4.99 Å². The number of rotatable bonds is 8. The maximum atomic E-state index is 14.5. The van der Waals surface area contributed by atoms with Crippen LogP contribution in [0.3, 0.4) is 0 Å². The summed E-state index contributed by atoms with van der Waals surface area (Å²) in [5.74, 6) is 1.10. The van der Waals surface area contributed by atoms with Crippen LogP contribution in [0.25, 0.3) is 28.2 Å². The van der Waals surface area contributed by atoms with E-state index in [1.54, 1.807) is 11.7 Å². The summed E-state index contributed by atoms with van der Waals surface area (Å²) >= 11 is 1.31. The van der Waals surface area contributed by atoms with Gasteiger partial charge in [-0.1, -0.05) is 84.1 Å². The standard InChI is InChI=1S/C38H32N4O4S/c1-4-46-27-20-18-25(19-21-27)35-32(36(43)40-26-14-9-6-10-15-26)23(2)39-38-42(35)37(44)31(47-38)22-29-28-16-11-17-30(45-3)34(28)41-33(29)24-12-7-5-8-13-24/h5-22,35,41H,4H2,1-3H3,(H,40,43)/b31-22-/t35-/m1/s1. The smallest absolute Gasteiger partial charge is 0.271 e. The lowest BCUT2D eigenvalue weighted by molar-refractivity contribution is -0.113. The summed E-state index contributed by atoms with van der Waals surface area (Å²) in [6.45, 7) is 4.28. The molecule has 4 aromatic carbocycles. The summed E-state index contributed by atoms with van der Waals surface area (Å²) in [5, 5.41) is 3.93. The number of hydrogen-bond donors (Lipinski definition) is 2. The van der Waals surface area contributed by atoms with E-state index < -0.39 is 6.04 Å². The van der Waals surface area contributed by atoms with Gasteiger partial charge in [-0.15, -0.1) is 0 Å². The second kappa shape index (κ2) is 12.6. The zero-order valence-corrected chi connectivity index (χ0v) is 26.9. The number of carbonyl (C=O) groups excluding carboxylic acids is 1. The van der Waals surface area contributed by atoms with Crippen LogP contribution in [0.2, 0.25) is 0 Å². The van der Waals surface area contributed by atoms with Crippen molar-refractivity contribution in [3.8, 4) is 22.8 Å². The first-order chi connectivity index (χ1) is 23.0. The van der Waals surface area contributed by atoms with Crippen LogP contribution in [-0.2, 0) is 4.79 Å². The van der Waals surface area contributed by atoms with Gasteiger partial charge in [-0.05, 0) is 61.4 Å². The highest BCUT2D eigenvalue weighted by molar-refractivity contribution is 7.07. The highest BCUT2D eigenvalue weighted by atomic mass is 32.1. The number of amides is 1. The van der Waals surface area contributed by atoms with Crippen molar-refractivity contribution in [2.24, 2.45) is 4.99 Å². The number of H-pyrrole nitrogens is 1. The third-order valence-corrected chi connectivity index (χ3v) is 9.18. The summed E-state index contributed by atoms with van der Waals surface area (Å²) < 4.78 is 13.5. The maximum Gasteiger partial charge on any atom is 0.271 e. The van der Waals surface area contributed by atoms with Gasteiger partial charge in [-0.2, -0.15) is 0 Å². The van der Waals surface area contributed by atoms with E-state index in [1.807, 2.05) is 123 Å². The number of nitrogens with one attached hydrogen (secondary N) is 2. The average Bonchev–Trinajstić information content (AvgIpc) is 3.62. The van der Waals surface area contributed by atoms with Crippen LogP contribution in [0.1, 0.15) is 31.0 Å². The van der Waals surface area contributed by atoms with Crippen LogP contribution < -0.4 is 29.7 Å². The van der Waals surface area contributed by atoms with Crippen molar-refractivity contribution in [3.05, 3.63) is 145 Å². The van der Waals surface area contributed by atoms with Gasteiger partial charge < -0.3 is 19.8 Å². The van der Waals surface area contributed by atoms with Crippen LogP contribution in [0.15, 0.2) is 124 Å². The van der Waals surface area contributed by atoms with Gasteiger partial charge in [-0.3, -0.25) is 14.2 Å². The van der Waals surface area contributed by atoms with Gasteiger partial charge in [0.25, 0.3) is 11.5 Å². The average molecular weight is 641 g/mol. The molecule has 8 nitrogen and oxygen atoms in total. The highest BCUT2D eigenvalue weighted by Gasteiger charge is 2.32. The summed E-state index contributed by atoms with van der Waals surface area (Å²) in [4.78, 5) is 37.3. The van der Waals surface area contributed by atoms with Crippen LogP contribution >= 0.6 is 11.3 Å². The number of fused-ring (bicyclic) bond motifs is 2. The molecule has 9 heteroatoms. The lowest BCUT2D eigenvalue weighted by Crippen LogP contribution is -2.40. The molecule has 0 spiro atoms. The fraction of sp³-hybridized carbons (Fsp3) is 0.132. The van der Waals surface area contributed by atoms with E-state index in [0.29, 0.717) is 44.4 Å². The van der Waals surface area contributed by atoms with Crippen molar-refractivity contribution in [2.45, 2.75) is 19.9 Å². The molecule has 0 saturated carbocycles. The molecule has 2 aromatic heterocycles. The Kier molecular flexibility index (Phi) is 8.05. The molecule has 1 aliphatic rings. The molecule has 1 atom stereocenters. The van der Waals surface area contributed by atoms with Crippen LogP contribution in [0, 0.1) is 0 Å². The number of aromatic amines is 1. The van der Waals surface area contributed by atoms with Gasteiger partial charge in [0.05, 0.1) is 46.8 Å². The lowest BCUT2D eigenvalue weighted by atomic mass is 9.95. The molecule has 0 aliphatic carbocycles. The Labute approximate surface area is 275 Å². The molecule has 0 radical (unpaired) electrons. The quantitative estimate of drug-likeness (QED) is 0.200. The lowest BCUT2D eigenvalue weighted by Gasteiger charge is -2.25. The van der Waals surface area contributed by atoms with E-state index in [2.05, 4.69) is 10.3 Å². The van der Waals surface area contributed by atoms with Gasteiger partial charge in [0.1, 0.15) is 11.5 Å². The van der Waals surface area contributed by atoms with Crippen LogP contribution in [0.5, 0.6) is 11.5 Å². The van der Waals surface area contributed by atoms with E-state index >= 15 is 0 Å². The number of para-hydroxylation sites is 2. The molecule has 0 fully saturated rings. The van der Waals surface area contributed by atoms with E-state index in [0.717, 1.165) is 33.3 Å². The number of ether oxygens (including phenoxy) is 2. The van der Waals surface area contributed by atoms with E-state index in [-0.39, 0.29) is 11.5 Å². The number of benzene rings is 4. The van der Waals surface area contributed by atoms with Crippen molar-refractivity contribution in [3.63, 3.8) is 0 Å². The third-order valence-electron chi connectivity index (χ3n) is 8.20. The van der Waals surface area contributed by atoms with Crippen LogP contribution in [0.4, 0.5) is 5.69 Å². The van der Waals surface area contributed by atoms with Crippen molar-refractivity contribution < 1.29 is 14.3 Å². The molecule has 47 heavy (non-hydrogen) atoms. The first kappa shape index (κ1) is 30.0. The number of thiazole rings is 1. The second-order valence-corrected chi connectivity index (χ2v) is 12.1. The molecule has 7 rings (SSSR count). The van der Waals surface area contributed by atoms with Gasteiger partial charge in [0.15, 0.2) is 4.80 Å². The summed E-state index contributed by atoms with van der Waals surface area (Å²) in [6, 6.07) is 32.0. The van der Waals surface area contributed by atoms with Crippen LogP contribution in [-0.4, -0.2) is 29.2 Å². The summed E-state index contributed by atoms with van der Waals surface area (Å²) in [5.41, 5.74) is 5.71. The van der Waals surface area contributed by atoms with Crippen molar-refractivity contribution in [1.29, 1.82) is 0 Å². The van der Waals surface area contributed by atoms with Gasteiger partial charge in [0, 0.05) is 16.6 Å². The molecule has 234 valence electrons. The predicted octanol–water partition coefficient (Wildman–Crippen LogP) is 6.43. The number of hydrogen-bond acceptors (Lipinski definition) is 6. The Hall–Kier alpha value is -5.67. The van der Waals surface area contributed by atoms with Gasteiger partial charge in [0.2, 0.25) is 0 Å². The monoisotopic (exact) mass is 640 g/mol. The predicted molar refractivity (Wildman–Crippen MR) is 187 cm³/mol. The number of carbonyl (C=O) groups is 1. The zero-order valence-electron chi connectivity index (χ0n) is 26.1. The fourth-order valence-electron chi connectivity index (χ4n) is 6.06. The topological polar surface area (TPSA) is 97.7 Å². The zero-order chi connectivity index (χ0) is 32.5. The largest absolute Gasteiger partial charge is 0.495 e. The highest BCUT2D eigenvalue weighted by Crippen LogP contribution is 2.36. The molecule has 6 aromatic rings. The number of allylic oxidation sites excluding steroid dienone is 1. The molecule has 1 amide bonds. The van der Waals surface area contributed by atoms with Crippen molar-refractivity contribution in [1.82, 2.24) is 9.55 Å². The van der Waals surface area contributed by atoms with E-state index in [4.69, 9.17) is 14.5 Å². The van der Waals surface area contributed by atoms with Crippen molar-refractivity contribution in [2.75, 3.05) is 19.0 Å². The molecular formula is C38H32N4O4S. The Morgan fingerprint density at radius 3 is 2.40 bits per heavy atom. The van der Waals surface area contributed by atoms with E-state index in [1.165, 1.54) is 11.3 Å². The molecule has 0 saturated heterocycles. The minimum Gasteiger partial charge on any atom is -0.495 e. The fourth-order valence-corrected chi connectivity index (χ4v) is 7.08. The molecule has 0 bridgehead atoms. The summed E-state index contributed by atoms with van der Waals surface area (Å²) in [6.07, 6.45) is 1.92. The Balaban J connectivity index is 1.43. The number of anilines is 1. The molecule has 1 aliphatic heterocycles. The first-order valence-corrected chi connectivity index (χ1v) is 16.1. The van der Waals surface area contributed by atoms with E-state index in [9.17, 15) is 9.59 Å².